The molecule has 0 aliphatic rings. The molecule has 1 N–H and O–H groups in total. The molecule has 1 aromatic heterocycles. The van der Waals surface area contributed by atoms with E-state index in [2.05, 4.69) is 41.8 Å². The minimum Gasteiger partial charge on any atom is -0.383 e. The molecule has 0 aliphatic heterocycles. The first-order valence-electron chi connectivity index (χ1n) is 6.36. The third kappa shape index (κ3) is 4.04. The third-order valence-corrected chi connectivity index (χ3v) is 2.74. The van der Waals surface area contributed by atoms with Gasteiger partial charge in [-0.3, -0.25) is 0 Å². The standard InChI is InChI=1S/C13H25N3O/c1-6-12(9-17-5)16-8-11(4)15-13(16)14-7-10(2)3/h8,10,12H,6-7,9H2,1-5H3,(H,14,15). The second-order valence-corrected chi connectivity index (χ2v) is 4.91. The van der Waals surface area contributed by atoms with Crippen LogP contribution in [-0.2, 0) is 4.74 Å². The molecule has 0 aromatic carbocycles. The Labute approximate surface area is 104 Å². The van der Waals surface area contributed by atoms with Gasteiger partial charge in [0, 0.05) is 19.9 Å². The molecule has 0 amide bonds. The van der Waals surface area contributed by atoms with Gasteiger partial charge in [-0.1, -0.05) is 20.8 Å². The predicted octanol–water partition coefficient (Wildman–Crippen LogP) is 2.86. The van der Waals surface area contributed by atoms with Gasteiger partial charge < -0.3 is 14.6 Å². The maximum absolute atomic E-state index is 5.26. The lowest BCUT2D eigenvalue weighted by Crippen LogP contribution is -2.18. The van der Waals surface area contributed by atoms with E-state index in [0.29, 0.717) is 12.0 Å². The highest BCUT2D eigenvalue weighted by atomic mass is 16.5. The predicted molar refractivity (Wildman–Crippen MR) is 71.5 cm³/mol. The lowest BCUT2D eigenvalue weighted by Gasteiger charge is -2.19. The molecule has 0 radical (unpaired) electrons. The summed E-state index contributed by atoms with van der Waals surface area (Å²) < 4.78 is 7.46. The number of ether oxygens (including phenoxy) is 1. The Morgan fingerprint density at radius 2 is 2.18 bits per heavy atom. The molecule has 98 valence electrons. The molecule has 1 atom stereocenters. The third-order valence-electron chi connectivity index (χ3n) is 2.74. The first-order chi connectivity index (χ1) is 8.08. The van der Waals surface area contributed by atoms with Crippen LogP contribution < -0.4 is 5.32 Å². The van der Waals surface area contributed by atoms with Crippen molar-refractivity contribution < 1.29 is 4.74 Å². The molecule has 0 bridgehead atoms. The Morgan fingerprint density at radius 1 is 1.47 bits per heavy atom. The number of aryl methyl sites for hydroxylation is 1. The Hall–Kier alpha value is -1.03. The van der Waals surface area contributed by atoms with Gasteiger partial charge in [-0.15, -0.1) is 0 Å². The Bertz CT molecular complexity index is 333. The summed E-state index contributed by atoms with van der Waals surface area (Å²) in [6, 6.07) is 0.357. The van der Waals surface area contributed by atoms with Crippen molar-refractivity contribution >= 4 is 5.95 Å². The molecule has 17 heavy (non-hydrogen) atoms. The van der Waals surface area contributed by atoms with Crippen LogP contribution in [0.3, 0.4) is 0 Å². The molecular weight excluding hydrogens is 214 g/mol. The lowest BCUT2D eigenvalue weighted by molar-refractivity contribution is 0.154. The summed E-state index contributed by atoms with van der Waals surface area (Å²) in [6.45, 7) is 10.3. The smallest absolute Gasteiger partial charge is 0.203 e. The number of methoxy groups -OCH3 is 1. The van der Waals surface area contributed by atoms with Crippen LogP contribution in [-0.4, -0.2) is 29.8 Å². The van der Waals surface area contributed by atoms with Crippen molar-refractivity contribution in [3.05, 3.63) is 11.9 Å². The highest BCUT2D eigenvalue weighted by Crippen LogP contribution is 2.19. The van der Waals surface area contributed by atoms with Crippen molar-refractivity contribution in [2.75, 3.05) is 25.6 Å². The monoisotopic (exact) mass is 239 g/mol. The van der Waals surface area contributed by atoms with Gasteiger partial charge in [-0.05, 0) is 19.3 Å². The Morgan fingerprint density at radius 3 is 2.71 bits per heavy atom. The number of hydrogen-bond donors (Lipinski definition) is 1. The van der Waals surface area contributed by atoms with Crippen molar-refractivity contribution in [1.29, 1.82) is 0 Å². The molecule has 1 heterocycles. The maximum atomic E-state index is 5.26. The Kier molecular flexibility index (Phi) is 5.48. The van der Waals surface area contributed by atoms with E-state index in [9.17, 15) is 0 Å². The molecule has 0 spiro atoms. The minimum absolute atomic E-state index is 0.357. The second-order valence-electron chi connectivity index (χ2n) is 4.91. The molecule has 0 fully saturated rings. The zero-order chi connectivity index (χ0) is 12.8. The van der Waals surface area contributed by atoms with Crippen molar-refractivity contribution in [2.24, 2.45) is 5.92 Å². The van der Waals surface area contributed by atoms with Crippen molar-refractivity contribution in [1.82, 2.24) is 9.55 Å². The van der Waals surface area contributed by atoms with Crippen LogP contribution in [0.25, 0.3) is 0 Å². The van der Waals surface area contributed by atoms with E-state index in [1.165, 1.54) is 0 Å². The number of nitrogens with one attached hydrogen (secondary N) is 1. The van der Waals surface area contributed by atoms with Gasteiger partial charge >= 0.3 is 0 Å². The lowest BCUT2D eigenvalue weighted by atomic mass is 10.2. The van der Waals surface area contributed by atoms with E-state index in [0.717, 1.165) is 31.2 Å². The maximum Gasteiger partial charge on any atom is 0.203 e. The summed E-state index contributed by atoms with van der Waals surface area (Å²) in [5.41, 5.74) is 1.05. The van der Waals surface area contributed by atoms with E-state index in [-0.39, 0.29) is 0 Å². The van der Waals surface area contributed by atoms with Gasteiger partial charge in [-0.25, -0.2) is 4.98 Å². The molecule has 1 unspecified atom stereocenters. The van der Waals surface area contributed by atoms with Gasteiger partial charge in [-0.2, -0.15) is 0 Å². The number of nitrogens with zero attached hydrogens (tertiary/aromatic N) is 2. The quantitative estimate of drug-likeness (QED) is 0.795. The van der Waals surface area contributed by atoms with Crippen LogP contribution in [0.15, 0.2) is 6.20 Å². The van der Waals surface area contributed by atoms with E-state index in [4.69, 9.17) is 4.74 Å². The van der Waals surface area contributed by atoms with E-state index in [1.54, 1.807) is 7.11 Å². The molecule has 0 saturated heterocycles. The summed E-state index contributed by atoms with van der Waals surface area (Å²) in [5, 5.41) is 3.40. The van der Waals surface area contributed by atoms with Crippen LogP contribution in [0.2, 0.25) is 0 Å². The van der Waals surface area contributed by atoms with Crippen LogP contribution in [0.5, 0.6) is 0 Å². The SMILES string of the molecule is CCC(COC)n1cc(C)nc1NCC(C)C. The zero-order valence-electron chi connectivity index (χ0n) is 11.7. The van der Waals surface area contributed by atoms with Crippen LogP contribution in [0.4, 0.5) is 5.95 Å². The molecule has 4 heteroatoms. The van der Waals surface area contributed by atoms with Crippen LogP contribution in [0, 0.1) is 12.8 Å². The largest absolute Gasteiger partial charge is 0.383 e. The first-order valence-corrected chi connectivity index (χ1v) is 6.36. The molecule has 0 saturated carbocycles. The molecule has 0 aliphatic carbocycles. The molecule has 1 rings (SSSR count). The topological polar surface area (TPSA) is 39.1 Å². The van der Waals surface area contributed by atoms with Crippen LogP contribution in [0.1, 0.15) is 38.9 Å². The average molecular weight is 239 g/mol. The zero-order valence-corrected chi connectivity index (χ0v) is 11.7. The van der Waals surface area contributed by atoms with Gasteiger partial charge in [0.2, 0.25) is 5.95 Å². The number of aromatic nitrogens is 2. The Balaban J connectivity index is 2.81. The van der Waals surface area contributed by atoms with Gasteiger partial charge in [0.15, 0.2) is 0 Å². The second kappa shape index (κ2) is 6.64. The van der Waals surface area contributed by atoms with Crippen molar-refractivity contribution in [3.63, 3.8) is 0 Å². The number of imidazole rings is 1. The van der Waals surface area contributed by atoms with Gasteiger partial charge in [0.1, 0.15) is 0 Å². The fourth-order valence-electron chi connectivity index (χ4n) is 1.81. The average Bonchev–Trinajstić information content (AvgIpc) is 2.64. The summed E-state index contributed by atoms with van der Waals surface area (Å²) in [5.74, 6) is 1.57. The number of hydrogen-bond acceptors (Lipinski definition) is 3. The normalized spacial score (nSPS) is 13.1. The highest BCUT2D eigenvalue weighted by molar-refractivity contribution is 5.29. The number of anilines is 1. The number of rotatable bonds is 7. The fourth-order valence-corrected chi connectivity index (χ4v) is 1.81. The van der Waals surface area contributed by atoms with Crippen molar-refractivity contribution in [2.45, 2.75) is 40.2 Å². The molecular formula is C13H25N3O. The van der Waals surface area contributed by atoms with Crippen LogP contribution >= 0.6 is 0 Å². The highest BCUT2D eigenvalue weighted by Gasteiger charge is 2.14. The van der Waals surface area contributed by atoms with E-state index < -0.39 is 0 Å². The molecule has 4 nitrogen and oxygen atoms in total. The fraction of sp³-hybridized carbons (Fsp3) is 0.769. The van der Waals surface area contributed by atoms with E-state index >= 15 is 0 Å². The first kappa shape index (κ1) is 14.0. The molecule has 1 aromatic rings. The summed E-state index contributed by atoms with van der Waals surface area (Å²) >= 11 is 0. The summed E-state index contributed by atoms with van der Waals surface area (Å²) in [6.07, 6.45) is 3.13. The van der Waals surface area contributed by atoms with Crippen molar-refractivity contribution in [3.8, 4) is 0 Å². The summed E-state index contributed by atoms with van der Waals surface area (Å²) in [4.78, 5) is 4.53. The van der Waals surface area contributed by atoms with Gasteiger partial charge in [0.25, 0.3) is 0 Å². The minimum atomic E-state index is 0.357. The van der Waals surface area contributed by atoms with Gasteiger partial charge in [0.05, 0.1) is 18.3 Å². The summed E-state index contributed by atoms with van der Waals surface area (Å²) in [7, 11) is 1.74. The van der Waals surface area contributed by atoms with E-state index in [1.807, 2.05) is 6.92 Å².